The fraction of sp³-hybridized carbons (Fsp3) is 0.480. The van der Waals surface area contributed by atoms with Gasteiger partial charge in [0.05, 0.1) is 25.4 Å². The number of aliphatic hydroxyl groups is 6. The molecule has 2 aromatic carbocycles. The predicted molar refractivity (Wildman–Crippen MR) is 127 cm³/mol. The molecule has 2 heterocycles. The highest BCUT2D eigenvalue weighted by molar-refractivity contribution is 5.89. The zero-order valence-electron chi connectivity index (χ0n) is 20.2. The van der Waals surface area contributed by atoms with Gasteiger partial charge in [-0.3, -0.25) is 0 Å². The molecule has 8 N–H and O–H groups in total. The van der Waals surface area contributed by atoms with Crippen LogP contribution < -0.4 is 10.5 Å². The Labute approximate surface area is 217 Å². The van der Waals surface area contributed by atoms with Crippen LogP contribution in [0, 0.1) is 0 Å². The first-order valence-corrected chi connectivity index (χ1v) is 11.8. The number of ether oxygens (including phenoxy) is 5. The summed E-state index contributed by atoms with van der Waals surface area (Å²) >= 11 is 0. The van der Waals surface area contributed by atoms with Crippen LogP contribution in [0.2, 0.25) is 0 Å². The Morgan fingerprint density at radius 3 is 2.32 bits per heavy atom. The van der Waals surface area contributed by atoms with Crippen LogP contribution in [-0.4, -0.2) is 105 Å². The summed E-state index contributed by atoms with van der Waals surface area (Å²) in [6.45, 7) is -1.92. The summed E-state index contributed by atoms with van der Waals surface area (Å²) in [6, 6.07) is 12.2. The summed E-state index contributed by atoms with van der Waals surface area (Å²) < 4.78 is 27.6. The molecule has 13 nitrogen and oxygen atoms in total. The smallest absolute Gasteiger partial charge is 0.338 e. The lowest BCUT2D eigenvalue weighted by molar-refractivity contribution is -0.318. The molecular weight excluding hydrogens is 506 g/mol. The molecular formula is C25H31NO12. The Kier molecular flexibility index (Phi) is 8.82. The minimum absolute atomic E-state index is 0.182. The van der Waals surface area contributed by atoms with Gasteiger partial charge >= 0.3 is 5.97 Å². The SMILES string of the molecule is Nc1ccc(C(=O)OC[C@@]2(O)CO[C@@H](O[C@H]3[C@H](Oc4ccc(CO)cc4)O[C@H](CO)[C@@H](O)[C@@H]3O)[C@@H]2O)cc1. The maximum atomic E-state index is 12.3. The van der Waals surface area contributed by atoms with E-state index in [0.717, 1.165) is 0 Å². The van der Waals surface area contributed by atoms with Gasteiger partial charge in [-0.15, -0.1) is 0 Å². The molecule has 0 radical (unpaired) electrons. The van der Waals surface area contributed by atoms with E-state index < -0.39 is 74.5 Å². The number of hydrogen-bond donors (Lipinski definition) is 7. The Morgan fingerprint density at radius 1 is 1.00 bits per heavy atom. The van der Waals surface area contributed by atoms with E-state index in [2.05, 4.69) is 0 Å². The highest BCUT2D eigenvalue weighted by Crippen LogP contribution is 2.32. The lowest BCUT2D eigenvalue weighted by Gasteiger charge is -2.42. The van der Waals surface area contributed by atoms with Gasteiger partial charge in [0, 0.05) is 5.69 Å². The van der Waals surface area contributed by atoms with Gasteiger partial charge in [-0.2, -0.15) is 0 Å². The minimum Gasteiger partial charge on any atom is -0.462 e. The van der Waals surface area contributed by atoms with Crippen molar-refractivity contribution >= 4 is 11.7 Å². The van der Waals surface area contributed by atoms with Crippen LogP contribution in [0.3, 0.4) is 0 Å². The van der Waals surface area contributed by atoms with E-state index in [9.17, 15) is 35.4 Å². The zero-order chi connectivity index (χ0) is 27.4. The van der Waals surface area contributed by atoms with Gasteiger partial charge in [-0.05, 0) is 42.0 Å². The third-order valence-corrected chi connectivity index (χ3v) is 6.38. The molecule has 38 heavy (non-hydrogen) atoms. The Hall–Kier alpha value is -2.85. The van der Waals surface area contributed by atoms with Crippen molar-refractivity contribution in [1.29, 1.82) is 0 Å². The van der Waals surface area contributed by atoms with Crippen molar-refractivity contribution in [3.05, 3.63) is 59.7 Å². The van der Waals surface area contributed by atoms with Gasteiger partial charge in [0.15, 0.2) is 18.0 Å². The second-order valence-corrected chi connectivity index (χ2v) is 9.15. The number of rotatable bonds is 9. The fourth-order valence-electron chi connectivity index (χ4n) is 4.05. The van der Waals surface area contributed by atoms with Crippen LogP contribution in [0.25, 0.3) is 0 Å². The summed E-state index contributed by atoms with van der Waals surface area (Å²) in [4.78, 5) is 12.3. The molecule has 208 valence electrons. The van der Waals surface area contributed by atoms with E-state index in [4.69, 9.17) is 29.4 Å². The standard InChI is InChI=1S/C25H31NO12/c26-15-5-3-14(4-6-15)22(32)34-11-25(33)12-35-24(21(25)31)38-20-19(30)18(29)17(10-28)37-23(20)36-16-7-1-13(9-27)2-8-16/h1-8,17-21,23-24,27-31,33H,9-12,26H2/t17-,18-,19+,20-,21+,23-,24+,25-/m1/s1. The monoisotopic (exact) mass is 537 g/mol. The van der Waals surface area contributed by atoms with E-state index in [0.29, 0.717) is 11.3 Å². The second-order valence-electron chi connectivity index (χ2n) is 9.15. The number of esters is 1. The topological polar surface area (TPSA) is 211 Å². The molecule has 0 aliphatic carbocycles. The molecule has 0 saturated carbocycles. The van der Waals surface area contributed by atoms with E-state index >= 15 is 0 Å². The van der Waals surface area contributed by atoms with E-state index in [-0.39, 0.29) is 17.9 Å². The van der Waals surface area contributed by atoms with Crippen molar-refractivity contribution in [3.8, 4) is 5.75 Å². The van der Waals surface area contributed by atoms with Crippen LogP contribution in [0.15, 0.2) is 48.5 Å². The van der Waals surface area contributed by atoms with Crippen molar-refractivity contribution < 1.29 is 59.1 Å². The number of carbonyl (C=O) groups is 1. The number of aliphatic hydroxyl groups excluding tert-OH is 5. The highest BCUT2D eigenvalue weighted by atomic mass is 16.8. The van der Waals surface area contributed by atoms with Crippen molar-refractivity contribution in [1.82, 2.24) is 0 Å². The molecule has 0 unspecified atom stereocenters. The van der Waals surface area contributed by atoms with Crippen LogP contribution in [0.1, 0.15) is 15.9 Å². The molecule has 0 amide bonds. The van der Waals surface area contributed by atoms with Crippen molar-refractivity contribution in [2.24, 2.45) is 0 Å². The lowest BCUT2D eigenvalue weighted by Crippen LogP contribution is -2.62. The number of carbonyl (C=O) groups excluding carboxylic acids is 1. The summed E-state index contributed by atoms with van der Waals surface area (Å²) in [7, 11) is 0. The quantitative estimate of drug-likeness (QED) is 0.140. The number of benzene rings is 2. The number of nitrogen functional groups attached to an aromatic ring is 1. The third-order valence-electron chi connectivity index (χ3n) is 6.38. The predicted octanol–water partition coefficient (Wildman–Crippen LogP) is -1.73. The van der Waals surface area contributed by atoms with Crippen LogP contribution in [0.5, 0.6) is 5.75 Å². The second kappa shape index (κ2) is 11.9. The first-order valence-electron chi connectivity index (χ1n) is 11.8. The molecule has 8 atom stereocenters. The first kappa shape index (κ1) is 28.2. The van der Waals surface area contributed by atoms with E-state index in [1.165, 1.54) is 36.4 Å². The van der Waals surface area contributed by atoms with Crippen molar-refractivity contribution in [2.45, 2.75) is 55.3 Å². The Bertz CT molecular complexity index is 1070. The molecule has 2 fully saturated rings. The highest BCUT2D eigenvalue weighted by Gasteiger charge is 2.54. The normalized spacial score (nSPS) is 33.2. The largest absolute Gasteiger partial charge is 0.462 e. The molecule has 2 aromatic rings. The number of nitrogens with two attached hydrogens (primary N) is 1. The van der Waals surface area contributed by atoms with Crippen LogP contribution >= 0.6 is 0 Å². The first-order chi connectivity index (χ1) is 18.1. The summed E-state index contributed by atoms with van der Waals surface area (Å²) in [5, 5.41) is 61.4. The molecule has 0 aromatic heterocycles. The summed E-state index contributed by atoms with van der Waals surface area (Å²) in [5.41, 5.74) is 4.82. The molecule has 2 saturated heterocycles. The fourth-order valence-corrected chi connectivity index (χ4v) is 4.05. The average Bonchev–Trinajstić information content (AvgIpc) is 3.21. The Balaban J connectivity index is 1.43. The zero-order valence-corrected chi connectivity index (χ0v) is 20.2. The van der Waals surface area contributed by atoms with E-state index in [1.54, 1.807) is 12.1 Å². The molecule has 0 spiro atoms. The maximum Gasteiger partial charge on any atom is 0.338 e. The van der Waals surface area contributed by atoms with Gasteiger partial charge in [0.25, 0.3) is 0 Å². The molecule has 0 bridgehead atoms. The van der Waals surface area contributed by atoms with Gasteiger partial charge in [0.1, 0.15) is 36.8 Å². The van der Waals surface area contributed by atoms with Crippen LogP contribution in [0.4, 0.5) is 5.69 Å². The Morgan fingerprint density at radius 2 is 1.68 bits per heavy atom. The maximum absolute atomic E-state index is 12.3. The molecule has 4 rings (SSSR count). The van der Waals surface area contributed by atoms with Crippen LogP contribution in [-0.2, 0) is 25.6 Å². The lowest BCUT2D eigenvalue weighted by atomic mass is 9.98. The average molecular weight is 538 g/mol. The summed E-state index contributed by atoms with van der Waals surface area (Å²) in [5.74, 6) is -0.495. The number of anilines is 1. The number of hydrogen-bond acceptors (Lipinski definition) is 13. The summed E-state index contributed by atoms with van der Waals surface area (Å²) in [6.07, 6.45) is -10.5. The molecule has 2 aliphatic heterocycles. The van der Waals surface area contributed by atoms with E-state index in [1.807, 2.05) is 0 Å². The van der Waals surface area contributed by atoms with Gasteiger partial charge in [0.2, 0.25) is 6.29 Å². The minimum atomic E-state index is -2.04. The molecule has 2 aliphatic rings. The van der Waals surface area contributed by atoms with Gasteiger partial charge in [-0.1, -0.05) is 12.1 Å². The molecule has 13 heteroatoms. The van der Waals surface area contributed by atoms with Gasteiger partial charge < -0.3 is 60.1 Å². The van der Waals surface area contributed by atoms with Crippen molar-refractivity contribution in [3.63, 3.8) is 0 Å². The third kappa shape index (κ3) is 6.07. The van der Waals surface area contributed by atoms with Gasteiger partial charge in [-0.25, -0.2) is 4.79 Å². The van der Waals surface area contributed by atoms with Crippen molar-refractivity contribution in [2.75, 3.05) is 25.6 Å².